The minimum absolute atomic E-state index is 0.0417. The summed E-state index contributed by atoms with van der Waals surface area (Å²) in [5, 5.41) is 15.3. The number of hydrazone groups is 1. The number of furan rings is 1. The number of nitrogens with zero attached hydrogens (tertiary/aromatic N) is 2. The number of ether oxygens (including phenoxy) is 2. The van der Waals surface area contributed by atoms with Gasteiger partial charge in [0.2, 0.25) is 0 Å². The molecule has 1 N–H and O–H groups in total. The molecule has 0 aliphatic carbocycles. The first-order valence-electron chi connectivity index (χ1n) is 10.7. The Kier molecular flexibility index (Phi) is 7.59. The lowest BCUT2D eigenvalue weighted by atomic mass is 10.2. The molecule has 0 unspecified atom stereocenters. The Morgan fingerprint density at radius 2 is 2.03 bits per heavy atom. The number of hydrogen-bond acceptors (Lipinski definition) is 7. The molecule has 0 atom stereocenters. The second-order valence-corrected chi connectivity index (χ2v) is 8.32. The van der Waals surface area contributed by atoms with E-state index in [4.69, 9.17) is 13.9 Å². The summed E-state index contributed by atoms with van der Waals surface area (Å²) in [7, 11) is 0. The Morgan fingerprint density at radius 3 is 2.78 bits per heavy atom. The van der Waals surface area contributed by atoms with Crippen LogP contribution in [0.4, 0.5) is 10.1 Å². The van der Waals surface area contributed by atoms with Gasteiger partial charge in [0.15, 0.2) is 17.3 Å². The Balaban J connectivity index is 1.46. The number of hydrogen-bond donors (Lipinski definition) is 1. The number of amides is 1. The third-order valence-corrected chi connectivity index (χ3v) is 5.51. The van der Waals surface area contributed by atoms with Gasteiger partial charge in [0.25, 0.3) is 5.69 Å². The van der Waals surface area contributed by atoms with E-state index in [0.717, 1.165) is 0 Å². The lowest BCUT2D eigenvalue weighted by Crippen LogP contribution is -2.16. The molecule has 0 aliphatic heterocycles. The van der Waals surface area contributed by atoms with Gasteiger partial charge in [0.1, 0.15) is 18.0 Å². The SMILES string of the molecule is CCOc1cc(/C=N/NC(=O)c2cc3cc([N+](=O)[O-])ccc3o2)cc(Br)c1OCc1cccc(F)c1. The van der Waals surface area contributed by atoms with Crippen molar-refractivity contribution in [3.63, 3.8) is 0 Å². The molecular weight excluding hydrogens is 537 g/mol. The lowest BCUT2D eigenvalue weighted by molar-refractivity contribution is -0.384. The summed E-state index contributed by atoms with van der Waals surface area (Å²) in [6.07, 6.45) is 1.41. The monoisotopic (exact) mass is 555 g/mol. The minimum atomic E-state index is -0.621. The van der Waals surface area contributed by atoms with Crippen molar-refractivity contribution >= 4 is 44.7 Å². The van der Waals surface area contributed by atoms with E-state index in [-0.39, 0.29) is 23.9 Å². The van der Waals surface area contributed by atoms with Crippen LogP contribution in [0.2, 0.25) is 0 Å². The molecule has 1 heterocycles. The molecule has 0 fully saturated rings. The van der Waals surface area contributed by atoms with E-state index in [9.17, 15) is 19.3 Å². The van der Waals surface area contributed by atoms with Crippen LogP contribution in [0.5, 0.6) is 11.5 Å². The number of fused-ring (bicyclic) bond motifs is 1. The van der Waals surface area contributed by atoms with Gasteiger partial charge >= 0.3 is 5.91 Å². The zero-order valence-corrected chi connectivity index (χ0v) is 20.5. The van der Waals surface area contributed by atoms with Gasteiger partial charge in [-0.3, -0.25) is 14.9 Å². The minimum Gasteiger partial charge on any atom is -0.490 e. The van der Waals surface area contributed by atoms with Gasteiger partial charge in [-0.05, 0) is 70.4 Å². The Bertz CT molecular complexity index is 1470. The van der Waals surface area contributed by atoms with E-state index in [0.29, 0.717) is 44.7 Å². The highest BCUT2D eigenvalue weighted by atomic mass is 79.9. The topological polar surface area (TPSA) is 116 Å². The van der Waals surface area contributed by atoms with Crippen LogP contribution in [0.3, 0.4) is 0 Å². The summed E-state index contributed by atoms with van der Waals surface area (Å²) in [5.41, 5.74) is 3.87. The number of carbonyl (C=O) groups excluding carboxylic acids is 1. The Morgan fingerprint density at radius 1 is 1.19 bits per heavy atom. The van der Waals surface area contributed by atoms with Gasteiger partial charge in [-0.15, -0.1) is 0 Å². The fourth-order valence-electron chi connectivity index (χ4n) is 3.32. The Hall–Kier alpha value is -4.25. The molecular formula is C25H19BrFN3O6. The maximum atomic E-state index is 13.4. The van der Waals surface area contributed by atoms with Crippen LogP contribution >= 0.6 is 15.9 Å². The van der Waals surface area contributed by atoms with Crippen molar-refractivity contribution in [2.75, 3.05) is 6.61 Å². The van der Waals surface area contributed by atoms with Gasteiger partial charge < -0.3 is 13.9 Å². The van der Waals surface area contributed by atoms with Crippen LogP contribution < -0.4 is 14.9 Å². The van der Waals surface area contributed by atoms with E-state index in [2.05, 4.69) is 26.5 Å². The van der Waals surface area contributed by atoms with Crippen molar-refractivity contribution in [3.05, 3.63) is 98.0 Å². The number of non-ortho nitro benzene ring substituents is 1. The molecule has 1 aromatic heterocycles. The predicted octanol–water partition coefficient (Wildman–Crippen LogP) is 5.98. The predicted molar refractivity (Wildman–Crippen MR) is 134 cm³/mol. The summed E-state index contributed by atoms with van der Waals surface area (Å²) in [6, 6.07) is 15.0. The number of halogens is 2. The molecule has 3 aromatic carbocycles. The molecule has 0 spiro atoms. The maximum Gasteiger partial charge on any atom is 0.307 e. The molecule has 0 radical (unpaired) electrons. The highest BCUT2D eigenvalue weighted by molar-refractivity contribution is 9.10. The summed E-state index contributed by atoms with van der Waals surface area (Å²) >= 11 is 3.46. The first kappa shape index (κ1) is 24.9. The van der Waals surface area contributed by atoms with Gasteiger partial charge in [-0.25, -0.2) is 9.82 Å². The third-order valence-electron chi connectivity index (χ3n) is 4.92. The second kappa shape index (κ2) is 11.0. The summed E-state index contributed by atoms with van der Waals surface area (Å²) in [4.78, 5) is 22.8. The summed E-state index contributed by atoms with van der Waals surface area (Å²) in [5.74, 6) is -0.129. The zero-order chi connectivity index (χ0) is 25.7. The average Bonchev–Trinajstić information content (AvgIpc) is 3.27. The highest BCUT2D eigenvalue weighted by Gasteiger charge is 2.15. The van der Waals surface area contributed by atoms with E-state index < -0.39 is 10.8 Å². The highest BCUT2D eigenvalue weighted by Crippen LogP contribution is 2.37. The van der Waals surface area contributed by atoms with E-state index in [1.165, 1.54) is 42.6 Å². The van der Waals surface area contributed by atoms with Crippen molar-refractivity contribution in [1.29, 1.82) is 0 Å². The first-order chi connectivity index (χ1) is 17.3. The van der Waals surface area contributed by atoms with Crippen LogP contribution in [0.1, 0.15) is 28.6 Å². The van der Waals surface area contributed by atoms with Gasteiger partial charge in [0.05, 0.1) is 22.2 Å². The van der Waals surface area contributed by atoms with Crippen LogP contribution in [0, 0.1) is 15.9 Å². The number of rotatable bonds is 9. The molecule has 11 heteroatoms. The molecule has 0 aliphatic rings. The molecule has 0 saturated carbocycles. The standard InChI is InChI=1S/C25H19BrFN3O6/c1-2-34-22-10-16(9-20(26)24(22)35-14-15-4-3-5-18(27)8-15)13-28-29-25(31)23-12-17-11-19(30(32)33)6-7-21(17)36-23/h3-13H,2,14H2,1H3,(H,29,31)/b28-13+. The molecule has 4 aromatic rings. The molecule has 184 valence electrons. The van der Waals surface area contributed by atoms with Crippen molar-refractivity contribution in [2.24, 2.45) is 5.10 Å². The molecule has 4 rings (SSSR count). The van der Waals surface area contributed by atoms with Gasteiger partial charge in [-0.2, -0.15) is 5.10 Å². The summed E-state index contributed by atoms with van der Waals surface area (Å²) in [6.45, 7) is 2.35. The van der Waals surface area contributed by atoms with Crippen LogP contribution in [0.15, 0.2) is 74.7 Å². The normalized spacial score (nSPS) is 11.1. The van der Waals surface area contributed by atoms with Gasteiger partial charge in [0, 0.05) is 17.5 Å². The number of nitrogens with one attached hydrogen (secondary N) is 1. The smallest absolute Gasteiger partial charge is 0.307 e. The molecule has 0 bridgehead atoms. The molecule has 1 amide bonds. The van der Waals surface area contributed by atoms with E-state index in [1.54, 1.807) is 24.3 Å². The number of nitro groups is 1. The van der Waals surface area contributed by atoms with Crippen LogP contribution in [0.25, 0.3) is 11.0 Å². The first-order valence-corrected chi connectivity index (χ1v) is 11.5. The van der Waals surface area contributed by atoms with Gasteiger partial charge in [-0.1, -0.05) is 12.1 Å². The van der Waals surface area contributed by atoms with Crippen LogP contribution in [-0.4, -0.2) is 23.7 Å². The largest absolute Gasteiger partial charge is 0.490 e. The van der Waals surface area contributed by atoms with Crippen molar-refractivity contribution < 1.29 is 28.0 Å². The van der Waals surface area contributed by atoms with Crippen molar-refractivity contribution in [2.45, 2.75) is 13.5 Å². The second-order valence-electron chi connectivity index (χ2n) is 7.47. The number of nitro benzene ring substituents is 1. The molecule has 0 saturated heterocycles. The van der Waals surface area contributed by atoms with Crippen molar-refractivity contribution in [3.8, 4) is 11.5 Å². The number of benzene rings is 3. The van der Waals surface area contributed by atoms with Crippen molar-refractivity contribution in [1.82, 2.24) is 5.43 Å². The molecule has 36 heavy (non-hydrogen) atoms. The average molecular weight is 556 g/mol. The zero-order valence-electron chi connectivity index (χ0n) is 18.9. The quantitative estimate of drug-likeness (QED) is 0.154. The Labute approximate surface area is 212 Å². The fourth-order valence-corrected chi connectivity index (χ4v) is 3.90. The van der Waals surface area contributed by atoms with E-state index >= 15 is 0 Å². The molecule has 9 nitrogen and oxygen atoms in total. The summed E-state index contributed by atoms with van der Waals surface area (Å²) < 4.78 is 31.0. The third kappa shape index (κ3) is 5.87. The van der Waals surface area contributed by atoms with E-state index in [1.807, 2.05) is 6.92 Å². The maximum absolute atomic E-state index is 13.4. The van der Waals surface area contributed by atoms with Crippen LogP contribution in [-0.2, 0) is 6.61 Å². The number of carbonyl (C=O) groups is 1. The fraction of sp³-hybridized carbons (Fsp3) is 0.120. The lowest BCUT2D eigenvalue weighted by Gasteiger charge is -2.14.